The van der Waals surface area contributed by atoms with E-state index in [9.17, 15) is 35.9 Å². The number of hydrogen-bond acceptors (Lipinski definition) is 4. The van der Waals surface area contributed by atoms with Crippen molar-refractivity contribution in [1.82, 2.24) is 14.8 Å². The maximum atomic E-state index is 14.9. The van der Waals surface area contributed by atoms with Crippen LogP contribution in [0.5, 0.6) is 0 Å². The van der Waals surface area contributed by atoms with Gasteiger partial charge in [0, 0.05) is 38.1 Å². The van der Waals surface area contributed by atoms with E-state index in [0.29, 0.717) is 11.8 Å². The molecule has 0 saturated carbocycles. The van der Waals surface area contributed by atoms with Crippen LogP contribution < -0.4 is 15.8 Å². The first-order valence-corrected chi connectivity index (χ1v) is 9.89. The topological polar surface area (TPSA) is 83.0 Å². The van der Waals surface area contributed by atoms with E-state index in [1.165, 1.54) is 34.2 Å². The monoisotopic (exact) mass is 485 g/mol. The first kappa shape index (κ1) is 23.4. The summed E-state index contributed by atoms with van der Waals surface area (Å²) in [6.07, 6.45) is -0.904. The first-order valence-electron chi connectivity index (χ1n) is 9.89. The molecule has 1 aromatic carbocycles. The van der Waals surface area contributed by atoms with Crippen molar-refractivity contribution in [3.8, 4) is 0 Å². The van der Waals surface area contributed by atoms with Gasteiger partial charge in [0.25, 0.3) is 17.4 Å². The lowest BCUT2D eigenvalue weighted by Crippen LogP contribution is -2.54. The number of aryl methyl sites for hydroxylation is 1. The van der Waals surface area contributed by atoms with Gasteiger partial charge in [0.2, 0.25) is 0 Å². The van der Waals surface area contributed by atoms with E-state index < -0.39 is 46.4 Å². The van der Waals surface area contributed by atoms with Crippen LogP contribution in [-0.2, 0) is 19.1 Å². The lowest BCUT2D eigenvalue weighted by atomic mass is 9.86. The number of amides is 1. The molecule has 34 heavy (non-hydrogen) atoms. The molecule has 1 fully saturated rings. The number of H-pyrrole nitrogens is 1. The molecule has 0 aliphatic carbocycles. The summed E-state index contributed by atoms with van der Waals surface area (Å²) in [6.45, 7) is -0.747. The second kappa shape index (κ2) is 8.22. The Bertz CT molecular complexity index is 1290. The molecule has 3 heterocycles. The highest BCUT2D eigenvalue weighted by atomic mass is 19.4. The van der Waals surface area contributed by atoms with E-state index in [2.05, 4.69) is 15.4 Å². The zero-order valence-electron chi connectivity index (χ0n) is 17.5. The van der Waals surface area contributed by atoms with Crippen molar-refractivity contribution in [1.29, 1.82) is 0 Å². The first-order chi connectivity index (χ1) is 15.9. The summed E-state index contributed by atoms with van der Waals surface area (Å²) >= 11 is 0. The molecule has 2 aromatic heterocycles. The number of aromatic nitrogens is 3. The molecule has 1 amide bonds. The van der Waals surface area contributed by atoms with E-state index in [0.717, 1.165) is 0 Å². The Morgan fingerprint density at radius 1 is 1.15 bits per heavy atom. The highest BCUT2D eigenvalue weighted by molar-refractivity contribution is 6.07. The van der Waals surface area contributed by atoms with Gasteiger partial charge in [0.1, 0.15) is 11.4 Å². The normalized spacial score (nSPS) is 14.7. The molecule has 0 bridgehead atoms. The summed E-state index contributed by atoms with van der Waals surface area (Å²) in [5, 5.41) is 6.38. The molecule has 0 spiro atoms. The van der Waals surface area contributed by atoms with Crippen molar-refractivity contribution in [2.75, 3.05) is 23.3 Å². The predicted molar refractivity (Wildman–Crippen MR) is 109 cm³/mol. The minimum atomic E-state index is -4.99. The van der Waals surface area contributed by atoms with Crippen molar-refractivity contribution in [2.24, 2.45) is 13.0 Å². The quantitative estimate of drug-likeness (QED) is 0.540. The Morgan fingerprint density at radius 2 is 1.82 bits per heavy atom. The molecular weight excluding hydrogens is 468 g/mol. The second-order valence-corrected chi connectivity index (χ2v) is 7.88. The van der Waals surface area contributed by atoms with Gasteiger partial charge in [-0.1, -0.05) is 0 Å². The third kappa shape index (κ3) is 4.37. The minimum absolute atomic E-state index is 0.0763. The van der Waals surface area contributed by atoms with Gasteiger partial charge in [-0.25, -0.2) is 13.2 Å². The number of nitrogens with one attached hydrogen (secondary N) is 2. The summed E-state index contributed by atoms with van der Waals surface area (Å²) in [4.78, 5) is 28.7. The largest absolute Gasteiger partial charge is 0.416 e. The summed E-state index contributed by atoms with van der Waals surface area (Å²) in [5.41, 5.74) is -3.30. The maximum Gasteiger partial charge on any atom is 0.416 e. The van der Waals surface area contributed by atoms with Crippen LogP contribution in [0.15, 0.2) is 47.7 Å². The van der Waals surface area contributed by atoms with Crippen LogP contribution >= 0.6 is 0 Å². The van der Waals surface area contributed by atoms with Crippen LogP contribution in [0.25, 0.3) is 0 Å². The third-order valence-electron chi connectivity index (χ3n) is 5.47. The number of hydrogen-bond donors (Lipinski definition) is 2. The van der Waals surface area contributed by atoms with Gasteiger partial charge in [0.05, 0.1) is 29.1 Å². The van der Waals surface area contributed by atoms with E-state index in [1.54, 1.807) is 7.05 Å². The van der Waals surface area contributed by atoms with Crippen LogP contribution in [0.4, 0.5) is 37.7 Å². The van der Waals surface area contributed by atoms with Crippen LogP contribution in [0, 0.1) is 11.7 Å². The number of carbonyl (C=O) groups is 1. The summed E-state index contributed by atoms with van der Waals surface area (Å²) in [7, 11) is 1.62. The van der Waals surface area contributed by atoms with Crippen molar-refractivity contribution in [3.05, 3.63) is 75.7 Å². The summed E-state index contributed by atoms with van der Waals surface area (Å²) < 4.78 is 83.8. The fraction of sp³-hybridized carbons (Fsp3) is 0.286. The molecule has 4 rings (SSSR count). The van der Waals surface area contributed by atoms with Crippen molar-refractivity contribution in [3.63, 3.8) is 0 Å². The minimum Gasteiger partial charge on any atom is -0.370 e. The Labute approximate surface area is 188 Å². The average molecular weight is 485 g/mol. The molecule has 3 aromatic rings. The van der Waals surface area contributed by atoms with E-state index in [1.807, 2.05) is 0 Å². The fourth-order valence-electron chi connectivity index (χ4n) is 3.72. The van der Waals surface area contributed by atoms with Crippen molar-refractivity contribution in [2.45, 2.75) is 12.1 Å². The molecule has 7 nitrogen and oxygen atoms in total. The zero-order chi connectivity index (χ0) is 24.8. The Morgan fingerprint density at radius 3 is 2.44 bits per heavy atom. The number of nitrogens with zero attached hydrogens (tertiary/aromatic N) is 3. The Kier molecular flexibility index (Phi) is 5.66. The van der Waals surface area contributed by atoms with Crippen LogP contribution in [0.3, 0.4) is 0 Å². The smallest absolute Gasteiger partial charge is 0.370 e. The third-order valence-corrected chi connectivity index (χ3v) is 5.47. The highest BCUT2D eigenvalue weighted by Crippen LogP contribution is 2.44. The molecule has 0 atom stereocenters. The predicted octanol–water partition coefficient (Wildman–Crippen LogP) is 3.75. The fourth-order valence-corrected chi connectivity index (χ4v) is 3.72. The molecule has 0 unspecified atom stereocenters. The molecule has 1 aliphatic rings. The number of alkyl halides is 5. The van der Waals surface area contributed by atoms with Gasteiger partial charge >= 0.3 is 6.18 Å². The van der Waals surface area contributed by atoms with Crippen molar-refractivity contribution >= 4 is 17.3 Å². The molecular formula is C21H17F6N5O2. The lowest BCUT2D eigenvalue weighted by Gasteiger charge is -2.45. The SMILES string of the molecule is Cn1cc(NC(=O)c2c(N3CC(C(F)(F)c4cc(F)cc(C(F)(F)F)c4)C3)cc[nH]c2=O)cn1. The molecule has 2 N–H and O–H groups in total. The van der Waals surface area contributed by atoms with Gasteiger partial charge in [-0.3, -0.25) is 14.3 Å². The van der Waals surface area contributed by atoms with Gasteiger partial charge in [-0.05, 0) is 24.3 Å². The maximum absolute atomic E-state index is 14.9. The second-order valence-electron chi connectivity index (χ2n) is 7.88. The number of rotatable bonds is 5. The average Bonchev–Trinajstić information content (AvgIpc) is 3.10. The van der Waals surface area contributed by atoms with Gasteiger partial charge in [-0.15, -0.1) is 0 Å². The lowest BCUT2D eigenvalue weighted by molar-refractivity contribution is -0.138. The molecule has 13 heteroatoms. The highest BCUT2D eigenvalue weighted by Gasteiger charge is 2.49. The molecule has 0 radical (unpaired) electrons. The molecule has 1 aliphatic heterocycles. The standard InChI is InChI=1S/C21H17F6N5O2/c1-31-10-15(7-29-31)30-19(34)17-16(2-3-28-18(17)33)32-8-13(9-32)20(23,24)11-4-12(21(25,26)27)6-14(22)5-11/h2-7,10,13H,8-9H2,1H3,(H,28,33)(H,30,34). The number of carbonyl (C=O) groups excluding carboxylic acids is 1. The zero-order valence-corrected chi connectivity index (χ0v) is 17.5. The van der Waals surface area contributed by atoms with E-state index in [4.69, 9.17) is 0 Å². The number of pyridine rings is 1. The number of anilines is 2. The van der Waals surface area contributed by atoms with Crippen LogP contribution in [0.2, 0.25) is 0 Å². The van der Waals surface area contributed by atoms with Gasteiger partial charge in [0.15, 0.2) is 0 Å². The molecule has 1 saturated heterocycles. The molecule has 180 valence electrons. The van der Waals surface area contributed by atoms with Gasteiger partial charge in [-0.2, -0.15) is 18.3 Å². The Hall–Kier alpha value is -3.77. The number of halogens is 6. The number of benzene rings is 1. The summed E-state index contributed by atoms with van der Waals surface area (Å²) in [5.74, 6) is -7.47. The van der Waals surface area contributed by atoms with E-state index in [-0.39, 0.29) is 36.5 Å². The van der Waals surface area contributed by atoms with Gasteiger partial charge < -0.3 is 15.2 Å². The Balaban J connectivity index is 1.56. The summed E-state index contributed by atoms with van der Waals surface area (Å²) in [6, 6.07) is 2.11. The van der Waals surface area contributed by atoms with Crippen molar-refractivity contribution < 1.29 is 31.1 Å². The van der Waals surface area contributed by atoms with Crippen LogP contribution in [0.1, 0.15) is 21.5 Å². The van der Waals surface area contributed by atoms with E-state index >= 15 is 0 Å². The van der Waals surface area contributed by atoms with Crippen LogP contribution in [-0.4, -0.2) is 33.8 Å². The number of aromatic amines is 1.